The fourth-order valence-electron chi connectivity index (χ4n) is 4.81. The fourth-order valence-corrected chi connectivity index (χ4v) is 4.81. The molecule has 31 heavy (non-hydrogen) atoms. The van der Waals surface area contributed by atoms with Crippen LogP contribution >= 0.6 is 0 Å². The fraction of sp³-hybridized carbons (Fsp3) is 0.517. The predicted molar refractivity (Wildman–Crippen MR) is 128 cm³/mol. The first-order valence-electron chi connectivity index (χ1n) is 12.3. The van der Waals surface area contributed by atoms with Crippen molar-refractivity contribution < 1.29 is 8.78 Å². The standard InChI is InChI=1S/C29H38F2/c1-3-5-6-9-23-12-14-24(15-13-23)10-7-8-11-26-20-21-27(29(31)28(26)30)25-18-16-22(4-2)17-19-25/h7,10,16-21,23-24H,3-6,8-9,11-15H2,1-2H3/b10-7+. The predicted octanol–water partition coefficient (Wildman–Crippen LogP) is 9.07. The number of halogens is 2. The molecule has 1 aliphatic carbocycles. The second-order valence-electron chi connectivity index (χ2n) is 9.19. The van der Waals surface area contributed by atoms with Crippen molar-refractivity contribution in [3.8, 4) is 11.1 Å². The van der Waals surface area contributed by atoms with Gasteiger partial charge in [0.25, 0.3) is 0 Å². The summed E-state index contributed by atoms with van der Waals surface area (Å²) >= 11 is 0. The van der Waals surface area contributed by atoms with Gasteiger partial charge in [-0.25, -0.2) is 8.78 Å². The van der Waals surface area contributed by atoms with Crippen molar-refractivity contribution in [2.45, 2.75) is 84.5 Å². The molecule has 1 saturated carbocycles. The Labute approximate surface area is 187 Å². The highest BCUT2D eigenvalue weighted by atomic mass is 19.2. The van der Waals surface area contributed by atoms with Crippen molar-refractivity contribution >= 4 is 0 Å². The largest absolute Gasteiger partial charge is 0.203 e. The summed E-state index contributed by atoms with van der Waals surface area (Å²) in [5, 5.41) is 0. The third-order valence-corrected chi connectivity index (χ3v) is 6.93. The molecule has 0 amide bonds. The smallest absolute Gasteiger partial charge is 0.166 e. The van der Waals surface area contributed by atoms with E-state index in [4.69, 9.17) is 0 Å². The molecule has 0 aliphatic heterocycles. The van der Waals surface area contributed by atoms with E-state index in [9.17, 15) is 8.78 Å². The summed E-state index contributed by atoms with van der Waals surface area (Å²) in [5.41, 5.74) is 2.73. The molecule has 0 saturated heterocycles. The van der Waals surface area contributed by atoms with Gasteiger partial charge in [0.2, 0.25) is 0 Å². The van der Waals surface area contributed by atoms with Crippen LogP contribution in [0.5, 0.6) is 0 Å². The Kier molecular flexibility index (Phi) is 9.31. The van der Waals surface area contributed by atoms with Gasteiger partial charge in [-0.15, -0.1) is 0 Å². The lowest BCUT2D eigenvalue weighted by Gasteiger charge is -2.26. The van der Waals surface area contributed by atoms with Gasteiger partial charge in [-0.2, -0.15) is 0 Å². The van der Waals surface area contributed by atoms with Gasteiger partial charge in [0.1, 0.15) is 0 Å². The van der Waals surface area contributed by atoms with E-state index in [1.165, 1.54) is 56.9 Å². The summed E-state index contributed by atoms with van der Waals surface area (Å²) in [6, 6.07) is 11.2. The number of hydrogen-bond donors (Lipinski definition) is 0. The minimum atomic E-state index is -0.730. The average molecular weight is 425 g/mol. The summed E-state index contributed by atoms with van der Waals surface area (Å²) in [6.07, 6.45) is 17.4. The van der Waals surface area contributed by atoms with Crippen LogP contribution in [-0.4, -0.2) is 0 Å². The van der Waals surface area contributed by atoms with Crippen molar-refractivity contribution in [2.75, 3.05) is 0 Å². The summed E-state index contributed by atoms with van der Waals surface area (Å²) in [7, 11) is 0. The highest BCUT2D eigenvalue weighted by Gasteiger charge is 2.19. The SMILES string of the molecule is CCCCCC1CCC(/C=C/CCc2ccc(-c3ccc(CC)cc3)c(F)c2F)CC1. The molecule has 0 radical (unpaired) electrons. The van der Waals surface area contributed by atoms with Gasteiger partial charge >= 0.3 is 0 Å². The maximum atomic E-state index is 14.7. The summed E-state index contributed by atoms with van der Waals surface area (Å²) in [6.45, 7) is 4.35. The van der Waals surface area contributed by atoms with E-state index >= 15 is 0 Å². The van der Waals surface area contributed by atoms with Gasteiger partial charge in [-0.05, 0) is 73.5 Å². The molecule has 0 N–H and O–H groups in total. The lowest BCUT2D eigenvalue weighted by Crippen LogP contribution is -2.13. The van der Waals surface area contributed by atoms with E-state index in [1.807, 2.05) is 24.3 Å². The van der Waals surface area contributed by atoms with Crippen LogP contribution < -0.4 is 0 Å². The zero-order chi connectivity index (χ0) is 22.1. The number of unbranched alkanes of at least 4 members (excludes halogenated alkanes) is 2. The van der Waals surface area contributed by atoms with E-state index in [0.717, 1.165) is 24.3 Å². The van der Waals surface area contributed by atoms with E-state index in [0.29, 0.717) is 23.5 Å². The molecule has 168 valence electrons. The molecule has 0 atom stereocenters. The molecular weight excluding hydrogens is 386 g/mol. The molecular formula is C29H38F2. The number of hydrogen-bond acceptors (Lipinski definition) is 0. The Morgan fingerprint density at radius 1 is 0.871 bits per heavy atom. The Morgan fingerprint density at radius 2 is 1.61 bits per heavy atom. The Hall–Kier alpha value is -1.96. The van der Waals surface area contributed by atoms with Crippen molar-refractivity contribution in [1.29, 1.82) is 0 Å². The van der Waals surface area contributed by atoms with E-state index in [-0.39, 0.29) is 0 Å². The van der Waals surface area contributed by atoms with Gasteiger partial charge in [0.15, 0.2) is 11.6 Å². The van der Waals surface area contributed by atoms with Gasteiger partial charge in [-0.3, -0.25) is 0 Å². The van der Waals surface area contributed by atoms with E-state index in [2.05, 4.69) is 26.0 Å². The summed E-state index contributed by atoms with van der Waals surface area (Å²) < 4.78 is 29.3. The molecule has 0 aromatic heterocycles. The van der Waals surface area contributed by atoms with E-state index < -0.39 is 11.6 Å². The van der Waals surface area contributed by atoms with Gasteiger partial charge in [-0.1, -0.05) is 88.1 Å². The molecule has 0 nitrogen and oxygen atoms in total. The molecule has 0 spiro atoms. The first kappa shape index (κ1) is 23.7. The normalized spacial score (nSPS) is 19.2. The van der Waals surface area contributed by atoms with Gasteiger partial charge in [0, 0.05) is 5.56 Å². The molecule has 3 rings (SSSR count). The highest BCUT2D eigenvalue weighted by Crippen LogP contribution is 2.33. The zero-order valence-corrected chi connectivity index (χ0v) is 19.3. The Bertz CT molecular complexity index is 827. The molecule has 0 unspecified atom stereocenters. The number of aryl methyl sites for hydroxylation is 2. The van der Waals surface area contributed by atoms with Crippen LogP contribution in [0.15, 0.2) is 48.6 Å². The summed E-state index contributed by atoms with van der Waals surface area (Å²) in [5.74, 6) is 0.160. The Balaban J connectivity index is 1.49. The first-order valence-corrected chi connectivity index (χ1v) is 12.3. The maximum Gasteiger partial charge on any atom is 0.166 e. The number of benzene rings is 2. The molecule has 2 aromatic rings. The average Bonchev–Trinajstić information content (AvgIpc) is 2.80. The molecule has 2 heteroatoms. The van der Waals surface area contributed by atoms with Crippen molar-refractivity contribution in [1.82, 2.24) is 0 Å². The summed E-state index contributed by atoms with van der Waals surface area (Å²) in [4.78, 5) is 0. The molecule has 0 heterocycles. The minimum Gasteiger partial charge on any atom is -0.203 e. The van der Waals surface area contributed by atoms with Crippen LogP contribution in [0.1, 0.15) is 82.8 Å². The van der Waals surface area contributed by atoms with Crippen molar-refractivity contribution in [3.05, 3.63) is 71.3 Å². The quantitative estimate of drug-likeness (QED) is 0.263. The number of rotatable bonds is 10. The van der Waals surface area contributed by atoms with Crippen LogP contribution in [-0.2, 0) is 12.8 Å². The first-order chi connectivity index (χ1) is 15.1. The number of allylic oxidation sites excluding steroid dienone is 2. The second kappa shape index (κ2) is 12.2. The lowest BCUT2D eigenvalue weighted by atomic mass is 9.79. The zero-order valence-electron chi connectivity index (χ0n) is 19.3. The van der Waals surface area contributed by atoms with Crippen LogP contribution in [0.4, 0.5) is 8.78 Å². The lowest BCUT2D eigenvalue weighted by molar-refractivity contribution is 0.289. The Morgan fingerprint density at radius 3 is 2.29 bits per heavy atom. The van der Waals surface area contributed by atoms with Crippen molar-refractivity contribution in [2.24, 2.45) is 11.8 Å². The monoisotopic (exact) mass is 424 g/mol. The molecule has 0 bridgehead atoms. The van der Waals surface area contributed by atoms with Gasteiger partial charge in [0.05, 0.1) is 0 Å². The minimum absolute atomic E-state index is 0.343. The second-order valence-corrected chi connectivity index (χ2v) is 9.19. The topological polar surface area (TPSA) is 0 Å². The highest BCUT2D eigenvalue weighted by molar-refractivity contribution is 5.65. The third-order valence-electron chi connectivity index (χ3n) is 6.93. The van der Waals surface area contributed by atoms with Crippen LogP contribution in [0.3, 0.4) is 0 Å². The molecule has 2 aromatic carbocycles. The molecule has 1 fully saturated rings. The van der Waals surface area contributed by atoms with Crippen LogP contribution in [0.25, 0.3) is 11.1 Å². The van der Waals surface area contributed by atoms with Gasteiger partial charge < -0.3 is 0 Å². The molecule has 1 aliphatic rings. The van der Waals surface area contributed by atoms with Crippen LogP contribution in [0.2, 0.25) is 0 Å². The van der Waals surface area contributed by atoms with E-state index in [1.54, 1.807) is 12.1 Å². The van der Waals surface area contributed by atoms with Crippen LogP contribution in [0, 0.1) is 23.5 Å². The third kappa shape index (κ3) is 6.76. The van der Waals surface area contributed by atoms with Crippen molar-refractivity contribution in [3.63, 3.8) is 0 Å². The maximum absolute atomic E-state index is 14.7.